The largest absolute Gasteiger partial charge is 0.401 e. The van der Waals surface area contributed by atoms with Crippen LogP contribution in [-0.4, -0.2) is 36.8 Å². The van der Waals surface area contributed by atoms with Gasteiger partial charge in [0.2, 0.25) is 0 Å². The number of likely N-dealkylation sites (tertiary alicyclic amines) is 1. The highest BCUT2D eigenvalue weighted by atomic mass is 79.9. The summed E-state index contributed by atoms with van der Waals surface area (Å²) < 4.78 is 38.9. The van der Waals surface area contributed by atoms with Gasteiger partial charge in [-0.25, -0.2) is 0 Å². The van der Waals surface area contributed by atoms with E-state index in [1.54, 1.807) is 0 Å². The smallest absolute Gasteiger partial charge is 0.381 e. The van der Waals surface area contributed by atoms with E-state index in [9.17, 15) is 13.2 Å². The van der Waals surface area contributed by atoms with Crippen molar-refractivity contribution in [1.82, 2.24) is 4.90 Å². The Morgan fingerprint density at radius 3 is 2.40 bits per heavy atom. The second-order valence-corrected chi connectivity index (χ2v) is 6.70. The van der Waals surface area contributed by atoms with Crippen LogP contribution in [-0.2, 0) is 0 Å². The maximum atomic E-state index is 12.3. The Morgan fingerprint density at radius 1 is 1.20 bits per heavy atom. The second kappa shape index (κ2) is 6.66. The summed E-state index contributed by atoms with van der Waals surface area (Å²) in [6.07, 6.45) is -2.66. The van der Waals surface area contributed by atoms with Gasteiger partial charge in [-0.15, -0.1) is 0 Å². The van der Waals surface area contributed by atoms with Crippen LogP contribution in [0.5, 0.6) is 0 Å². The topological polar surface area (TPSA) is 15.3 Å². The van der Waals surface area contributed by atoms with Crippen molar-refractivity contribution in [2.45, 2.75) is 25.1 Å². The summed E-state index contributed by atoms with van der Waals surface area (Å²) in [6, 6.07) is 6.06. The number of hydrogen-bond acceptors (Lipinski definition) is 2. The van der Waals surface area contributed by atoms with Crippen LogP contribution in [0, 0.1) is 0 Å². The quantitative estimate of drug-likeness (QED) is 0.772. The van der Waals surface area contributed by atoms with Gasteiger partial charge in [0.1, 0.15) is 0 Å². The molecule has 20 heavy (non-hydrogen) atoms. The van der Waals surface area contributed by atoms with E-state index in [1.807, 2.05) is 18.2 Å². The van der Waals surface area contributed by atoms with Crippen LogP contribution in [0.2, 0.25) is 0 Å². The summed E-state index contributed by atoms with van der Waals surface area (Å²) in [5.41, 5.74) is 0.975. The van der Waals surface area contributed by atoms with Gasteiger partial charge in [0.25, 0.3) is 0 Å². The molecule has 1 heterocycles. The third-order valence-corrected chi connectivity index (χ3v) is 4.43. The highest BCUT2D eigenvalue weighted by molar-refractivity contribution is 9.11. The molecule has 0 bridgehead atoms. The monoisotopic (exact) mass is 414 g/mol. The molecule has 0 unspecified atom stereocenters. The molecule has 2 nitrogen and oxygen atoms in total. The van der Waals surface area contributed by atoms with Crippen molar-refractivity contribution in [2.24, 2.45) is 0 Å². The lowest BCUT2D eigenvalue weighted by atomic mass is 10.0. The third kappa shape index (κ3) is 4.93. The van der Waals surface area contributed by atoms with E-state index in [2.05, 4.69) is 37.2 Å². The molecule has 7 heteroatoms. The molecule has 0 aromatic heterocycles. The molecular formula is C13H15Br2F3N2. The van der Waals surface area contributed by atoms with Crippen LogP contribution in [0.25, 0.3) is 0 Å². The molecule has 0 amide bonds. The molecule has 1 aliphatic rings. The Kier molecular flexibility index (Phi) is 5.36. The SMILES string of the molecule is FC(F)(F)CN1CCC(Nc2ccc(Br)cc2Br)CC1. The van der Waals surface area contributed by atoms with Crippen molar-refractivity contribution < 1.29 is 13.2 Å². The molecule has 1 aliphatic heterocycles. The maximum absolute atomic E-state index is 12.3. The molecule has 1 N–H and O–H groups in total. The predicted molar refractivity (Wildman–Crippen MR) is 81.0 cm³/mol. The summed E-state index contributed by atoms with van der Waals surface area (Å²) in [4.78, 5) is 1.47. The van der Waals surface area contributed by atoms with Crippen LogP contribution in [0.4, 0.5) is 18.9 Å². The van der Waals surface area contributed by atoms with Gasteiger partial charge in [-0.3, -0.25) is 4.90 Å². The number of nitrogens with zero attached hydrogens (tertiary/aromatic N) is 1. The van der Waals surface area contributed by atoms with E-state index in [1.165, 1.54) is 4.90 Å². The van der Waals surface area contributed by atoms with E-state index in [0.29, 0.717) is 13.1 Å². The molecule has 0 radical (unpaired) electrons. The number of alkyl halides is 3. The molecule has 2 rings (SSSR count). The lowest BCUT2D eigenvalue weighted by molar-refractivity contribution is -0.147. The van der Waals surface area contributed by atoms with E-state index < -0.39 is 12.7 Å². The minimum absolute atomic E-state index is 0.219. The summed E-state index contributed by atoms with van der Waals surface area (Å²) in [5, 5.41) is 3.38. The number of nitrogens with one attached hydrogen (secondary N) is 1. The van der Waals surface area contributed by atoms with Crippen LogP contribution in [0.3, 0.4) is 0 Å². The van der Waals surface area contributed by atoms with Crippen LogP contribution >= 0.6 is 31.9 Å². The number of halogens is 5. The van der Waals surface area contributed by atoms with Gasteiger partial charge in [-0.1, -0.05) is 15.9 Å². The van der Waals surface area contributed by atoms with Gasteiger partial charge < -0.3 is 5.32 Å². The molecule has 112 valence electrons. The molecule has 1 aromatic carbocycles. The number of anilines is 1. The van der Waals surface area contributed by atoms with Gasteiger partial charge in [0, 0.05) is 33.8 Å². The minimum Gasteiger partial charge on any atom is -0.381 e. The van der Waals surface area contributed by atoms with E-state index in [-0.39, 0.29) is 6.04 Å². The zero-order chi connectivity index (χ0) is 14.8. The van der Waals surface area contributed by atoms with Crippen LogP contribution in [0.1, 0.15) is 12.8 Å². The second-order valence-electron chi connectivity index (χ2n) is 4.93. The summed E-state index contributed by atoms with van der Waals surface area (Å²) in [7, 11) is 0. The zero-order valence-corrected chi connectivity index (χ0v) is 13.9. The van der Waals surface area contributed by atoms with Crippen molar-refractivity contribution in [1.29, 1.82) is 0 Å². The fraction of sp³-hybridized carbons (Fsp3) is 0.538. The van der Waals surface area contributed by atoms with E-state index >= 15 is 0 Å². The molecule has 1 fully saturated rings. The fourth-order valence-electron chi connectivity index (χ4n) is 2.32. The lowest BCUT2D eigenvalue weighted by Crippen LogP contribution is -2.43. The fourth-order valence-corrected chi connectivity index (χ4v) is 3.48. The molecule has 0 spiro atoms. The Labute approximate surface area is 133 Å². The Hall–Kier alpha value is -0.270. The maximum Gasteiger partial charge on any atom is 0.401 e. The zero-order valence-electron chi connectivity index (χ0n) is 10.7. The molecule has 0 aliphatic carbocycles. The number of piperidine rings is 1. The van der Waals surface area contributed by atoms with Gasteiger partial charge in [0.15, 0.2) is 0 Å². The van der Waals surface area contributed by atoms with Crippen molar-refractivity contribution >= 4 is 37.5 Å². The lowest BCUT2D eigenvalue weighted by Gasteiger charge is -2.33. The first-order valence-electron chi connectivity index (χ1n) is 6.34. The number of benzene rings is 1. The average Bonchev–Trinajstić information content (AvgIpc) is 2.33. The summed E-state index contributed by atoms with van der Waals surface area (Å²) >= 11 is 6.86. The third-order valence-electron chi connectivity index (χ3n) is 3.28. The minimum atomic E-state index is -4.10. The van der Waals surface area contributed by atoms with Crippen molar-refractivity contribution in [3.8, 4) is 0 Å². The van der Waals surface area contributed by atoms with Crippen molar-refractivity contribution in [3.05, 3.63) is 27.1 Å². The average molecular weight is 416 g/mol. The first kappa shape index (κ1) is 16.1. The highest BCUT2D eigenvalue weighted by Crippen LogP contribution is 2.28. The van der Waals surface area contributed by atoms with Crippen molar-refractivity contribution in [3.63, 3.8) is 0 Å². The normalized spacial score (nSPS) is 18.2. The first-order chi connectivity index (χ1) is 9.33. The van der Waals surface area contributed by atoms with Gasteiger partial charge >= 0.3 is 6.18 Å². The van der Waals surface area contributed by atoms with Gasteiger partial charge in [-0.05, 0) is 47.0 Å². The number of hydrogen-bond donors (Lipinski definition) is 1. The van der Waals surface area contributed by atoms with E-state index in [0.717, 1.165) is 27.5 Å². The summed E-state index contributed by atoms with van der Waals surface area (Å²) in [6.45, 7) is 0.151. The highest BCUT2D eigenvalue weighted by Gasteiger charge is 2.32. The Morgan fingerprint density at radius 2 is 1.85 bits per heavy atom. The van der Waals surface area contributed by atoms with Gasteiger partial charge in [0.05, 0.1) is 6.54 Å². The predicted octanol–water partition coefficient (Wildman–Crippen LogP) is 4.65. The number of rotatable bonds is 3. The van der Waals surface area contributed by atoms with Crippen LogP contribution in [0.15, 0.2) is 27.1 Å². The molecular weight excluding hydrogens is 401 g/mol. The Balaban J connectivity index is 1.85. The summed E-state index contributed by atoms with van der Waals surface area (Å²) in [5.74, 6) is 0. The molecule has 1 saturated heterocycles. The Bertz CT molecular complexity index is 457. The molecule has 0 saturated carbocycles. The van der Waals surface area contributed by atoms with Gasteiger partial charge in [-0.2, -0.15) is 13.2 Å². The molecule has 0 atom stereocenters. The van der Waals surface area contributed by atoms with Crippen molar-refractivity contribution in [2.75, 3.05) is 25.0 Å². The molecule has 1 aromatic rings. The first-order valence-corrected chi connectivity index (χ1v) is 7.93. The standard InChI is InChI=1S/C13H15Br2F3N2/c14-9-1-2-12(11(15)7-9)19-10-3-5-20(6-4-10)8-13(16,17)18/h1-2,7,10,19H,3-6,8H2. The van der Waals surface area contributed by atoms with Crippen LogP contribution < -0.4 is 5.32 Å². The van der Waals surface area contributed by atoms with E-state index in [4.69, 9.17) is 0 Å².